The Kier molecular flexibility index (Phi) is 6.78. The first-order valence-electron chi connectivity index (χ1n) is 10.6. The zero-order valence-electron chi connectivity index (χ0n) is 18.7. The molecule has 32 heavy (non-hydrogen) atoms. The molecule has 0 aliphatic carbocycles. The maximum absolute atomic E-state index is 12.9. The highest BCUT2D eigenvalue weighted by atomic mass is 32.2. The molecule has 0 bridgehead atoms. The third-order valence-corrected chi connectivity index (χ3v) is 6.65. The van der Waals surface area contributed by atoms with Crippen molar-refractivity contribution < 1.29 is 23.1 Å². The summed E-state index contributed by atoms with van der Waals surface area (Å²) in [5.41, 5.74) is 2.87. The Morgan fingerprint density at radius 2 is 1.81 bits per heavy atom. The van der Waals surface area contributed by atoms with E-state index in [1.807, 2.05) is 32.9 Å². The van der Waals surface area contributed by atoms with Crippen molar-refractivity contribution in [1.82, 2.24) is 0 Å². The molecule has 1 atom stereocenters. The molecular weight excluding hydrogens is 430 g/mol. The van der Waals surface area contributed by atoms with Gasteiger partial charge in [-0.2, -0.15) is 0 Å². The summed E-state index contributed by atoms with van der Waals surface area (Å²) in [6.45, 7) is 7.52. The zero-order chi connectivity index (χ0) is 23.6. The van der Waals surface area contributed by atoms with E-state index in [0.717, 1.165) is 11.1 Å². The van der Waals surface area contributed by atoms with E-state index in [2.05, 4.69) is 4.72 Å². The number of rotatable bonds is 6. The minimum atomic E-state index is -3.42. The molecule has 2 aromatic carbocycles. The first kappa shape index (κ1) is 23.6. The lowest BCUT2D eigenvalue weighted by Crippen LogP contribution is -2.51. The molecule has 3 rings (SSSR count). The van der Waals surface area contributed by atoms with Gasteiger partial charge in [-0.1, -0.05) is 32.0 Å². The van der Waals surface area contributed by atoms with E-state index >= 15 is 0 Å². The number of hydrogen-bond acceptors (Lipinski definition) is 4. The van der Waals surface area contributed by atoms with Crippen LogP contribution in [0.3, 0.4) is 0 Å². The first-order valence-corrected chi connectivity index (χ1v) is 12.2. The molecule has 9 heteroatoms. The van der Waals surface area contributed by atoms with Crippen LogP contribution in [0.4, 0.5) is 21.9 Å². The minimum Gasteiger partial charge on any atom is -0.465 e. The van der Waals surface area contributed by atoms with E-state index in [4.69, 9.17) is 0 Å². The van der Waals surface area contributed by atoms with Crippen molar-refractivity contribution in [3.8, 4) is 11.1 Å². The van der Waals surface area contributed by atoms with Crippen LogP contribution < -0.4 is 14.5 Å². The zero-order valence-corrected chi connectivity index (χ0v) is 19.5. The summed E-state index contributed by atoms with van der Waals surface area (Å²) in [5, 5.41) is 9.78. The van der Waals surface area contributed by atoms with Crippen molar-refractivity contribution >= 4 is 39.1 Å². The summed E-state index contributed by atoms with van der Waals surface area (Å²) in [6.07, 6.45) is -0.714. The Bertz CT molecular complexity index is 1130. The van der Waals surface area contributed by atoms with Gasteiger partial charge in [0, 0.05) is 18.7 Å². The Morgan fingerprint density at radius 1 is 1.12 bits per heavy atom. The third-order valence-electron chi connectivity index (χ3n) is 5.35. The van der Waals surface area contributed by atoms with Crippen molar-refractivity contribution in [1.29, 1.82) is 0 Å². The molecule has 8 nitrogen and oxygen atoms in total. The lowest BCUT2D eigenvalue weighted by Gasteiger charge is -2.40. The molecule has 0 radical (unpaired) electrons. The molecule has 2 aromatic rings. The topological polar surface area (TPSA) is 107 Å². The van der Waals surface area contributed by atoms with E-state index in [-0.39, 0.29) is 30.2 Å². The number of anilines is 3. The molecule has 0 saturated carbocycles. The highest BCUT2D eigenvalue weighted by molar-refractivity contribution is 7.92. The highest BCUT2D eigenvalue weighted by Crippen LogP contribution is 2.39. The molecule has 1 aliphatic rings. The third kappa shape index (κ3) is 5.04. The van der Waals surface area contributed by atoms with Crippen LogP contribution in [0.2, 0.25) is 0 Å². The van der Waals surface area contributed by atoms with Gasteiger partial charge in [0.05, 0.1) is 23.2 Å². The van der Waals surface area contributed by atoms with Gasteiger partial charge in [0.2, 0.25) is 15.9 Å². The Hall–Kier alpha value is -3.07. The summed E-state index contributed by atoms with van der Waals surface area (Å²) in [6, 6.07) is 11.9. The summed E-state index contributed by atoms with van der Waals surface area (Å²) in [4.78, 5) is 27.8. The molecule has 1 heterocycles. The molecule has 2 N–H and O–H groups in total. The second-order valence-electron chi connectivity index (χ2n) is 8.39. The van der Waals surface area contributed by atoms with Crippen LogP contribution in [0.25, 0.3) is 11.1 Å². The fraction of sp³-hybridized carbons (Fsp3) is 0.391. The van der Waals surface area contributed by atoms with Crippen LogP contribution in [-0.4, -0.2) is 43.9 Å². The van der Waals surface area contributed by atoms with Crippen LogP contribution in [-0.2, 0) is 14.8 Å². The molecule has 0 saturated heterocycles. The molecule has 0 spiro atoms. The van der Waals surface area contributed by atoms with Crippen molar-refractivity contribution in [3.63, 3.8) is 0 Å². The SMILES string of the molecule is CCS(=O)(=O)Nc1cccc(-c2ccc3c(c2)N(C(=O)O)C[C@H](C)N3C(=O)CC(C)C)c1. The van der Waals surface area contributed by atoms with Gasteiger partial charge in [0.15, 0.2) is 0 Å². The van der Waals surface area contributed by atoms with Crippen LogP contribution in [0, 0.1) is 5.92 Å². The number of sulfonamides is 1. The Morgan fingerprint density at radius 3 is 2.44 bits per heavy atom. The standard InChI is InChI=1S/C23H29N3O5S/c1-5-32(30,31)24-19-8-6-7-17(12-19)18-9-10-20-21(13-18)25(23(28)29)14-16(4)26(20)22(27)11-15(2)3/h6-10,12-13,15-16,24H,5,11,14H2,1-4H3,(H,28,29)/t16-/m0/s1. The average Bonchev–Trinajstić information content (AvgIpc) is 2.72. The van der Waals surface area contributed by atoms with Crippen molar-refractivity contribution in [2.75, 3.05) is 26.8 Å². The molecule has 0 fully saturated rings. The van der Waals surface area contributed by atoms with Crippen LogP contribution in [0.1, 0.15) is 34.1 Å². The summed E-state index contributed by atoms with van der Waals surface area (Å²) >= 11 is 0. The fourth-order valence-corrected chi connectivity index (χ4v) is 4.46. The average molecular weight is 460 g/mol. The van der Waals surface area contributed by atoms with Gasteiger partial charge in [-0.25, -0.2) is 13.2 Å². The molecule has 172 valence electrons. The van der Waals surface area contributed by atoms with E-state index in [9.17, 15) is 23.1 Å². The minimum absolute atomic E-state index is 0.0393. The summed E-state index contributed by atoms with van der Waals surface area (Å²) in [7, 11) is -3.42. The lowest BCUT2D eigenvalue weighted by atomic mass is 9.99. The number of carbonyl (C=O) groups is 2. The van der Waals surface area contributed by atoms with Crippen LogP contribution >= 0.6 is 0 Å². The predicted octanol–water partition coefficient (Wildman–Crippen LogP) is 4.38. The van der Waals surface area contributed by atoms with Crippen LogP contribution in [0.5, 0.6) is 0 Å². The van der Waals surface area contributed by atoms with Crippen molar-refractivity contribution in [3.05, 3.63) is 42.5 Å². The van der Waals surface area contributed by atoms with E-state index < -0.39 is 16.1 Å². The monoisotopic (exact) mass is 459 g/mol. The fourth-order valence-electron chi connectivity index (χ4n) is 3.83. The van der Waals surface area contributed by atoms with Gasteiger partial charge in [-0.05, 0) is 55.2 Å². The van der Waals surface area contributed by atoms with E-state index in [1.54, 1.807) is 42.2 Å². The van der Waals surface area contributed by atoms with Gasteiger partial charge in [0.1, 0.15) is 0 Å². The molecule has 0 aromatic heterocycles. The number of fused-ring (bicyclic) bond motifs is 1. The largest absolute Gasteiger partial charge is 0.465 e. The smallest absolute Gasteiger partial charge is 0.411 e. The number of benzene rings is 2. The van der Waals surface area contributed by atoms with Crippen LogP contribution in [0.15, 0.2) is 42.5 Å². The van der Waals surface area contributed by atoms with Gasteiger partial charge in [-0.15, -0.1) is 0 Å². The Balaban J connectivity index is 2.05. The van der Waals surface area contributed by atoms with Gasteiger partial charge in [0.25, 0.3) is 0 Å². The maximum atomic E-state index is 12.9. The van der Waals surface area contributed by atoms with Crippen molar-refractivity contribution in [2.45, 2.75) is 40.2 Å². The Labute approximate surface area is 188 Å². The van der Waals surface area contributed by atoms with Crippen molar-refractivity contribution in [2.24, 2.45) is 5.92 Å². The second kappa shape index (κ2) is 9.20. The van der Waals surface area contributed by atoms with E-state index in [0.29, 0.717) is 23.5 Å². The molecule has 2 amide bonds. The van der Waals surface area contributed by atoms with Gasteiger partial charge >= 0.3 is 6.09 Å². The lowest BCUT2D eigenvalue weighted by molar-refractivity contribution is -0.119. The maximum Gasteiger partial charge on any atom is 0.411 e. The number of amides is 2. The van der Waals surface area contributed by atoms with E-state index in [1.165, 1.54) is 4.90 Å². The summed E-state index contributed by atoms with van der Waals surface area (Å²) in [5.74, 6) is 0.106. The highest BCUT2D eigenvalue weighted by Gasteiger charge is 2.35. The van der Waals surface area contributed by atoms with Gasteiger partial charge < -0.3 is 10.0 Å². The second-order valence-corrected chi connectivity index (χ2v) is 10.4. The molecule has 0 unspecified atom stereocenters. The quantitative estimate of drug-likeness (QED) is 0.667. The molecule has 1 aliphatic heterocycles. The van der Waals surface area contributed by atoms with Gasteiger partial charge in [-0.3, -0.25) is 14.4 Å². The number of carboxylic acid groups (broad SMARTS) is 1. The number of hydrogen-bond donors (Lipinski definition) is 2. The number of carbonyl (C=O) groups excluding carboxylic acids is 1. The number of nitrogens with zero attached hydrogens (tertiary/aromatic N) is 2. The molecular formula is C23H29N3O5S. The summed E-state index contributed by atoms with van der Waals surface area (Å²) < 4.78 is 26.4. The number of nitrogens with one attached hydrogen (secondary N) is 1. The normalized spacial score (nSPS) is 16.1. The predicted molar refractivity (Wildman–Crippen MR) is 127 cm³/mol. The first-order chi connectivity index (χ1) is 15.0.